The lowest BCUT2D eigenvalue weighted by Crippen LogP contribution is -2.37. The largest absolute Gasteiger partial charge is 0.378 e. The van der Waals surface area contributed by atoms with Gasteiger partial charge in [-0.05, 0) is 18.1 Å². The van der Waals surface area contributed by atoms with Crippen LogP contribution < -0.4 is 10.6 Å². The number of hydrogen-bond donors (Lipinski definition) is 1. The molecule has 0 atom stereocenters. The number of fused-ring (bicyclic) bond motifs is 2. The zero-order valence-electron chi connectivity index (χ0n) is 14.7. The smallest absolute Gasteiger partial charge is 0.224 e. The maximum Gasteiger partial charge on any atom is 0.224 e. The number of Topliss-reactive ketones (excluding diaryl/α,β-unsaturated/α-hetero) is 1. The van der Waals surface area contributed by atoms with Gasteiger partial charge >= 0.3 is 0 Å². The topological polar surface area (TPSA) is 107 Å². The lowest BCUT2D eigenvalue weighted by atomic mass is 10.0. The molecule has 0 saturated carbocycles. The Morgan fingerprint density at radius 1 is 1.07 bits per heavy atom. The minimum atomic E-state index is 0.182. The summed E-state index contributed by atoms with van der Waals surface area (Å²) in [6, 6.07) is 5.83. The number of aryl methyl sites for hydroxylation is 1. The second kappa shape index (κ2) is 6.24. The molecule has 1 aliphatic carbocycles. The molecule has 0 bridgehead atoms. The van der Waals surface area contributed by atoms with Crippen LogP contribution in [0.2, 0.25) is 0 Å². The second-order valence-corrected chi connectivity index (χ2v) is 6.73. The van der Waals surface area contributed by atoms with Crippen LogP contribution in [0, 0.1) is 0 Å². The monoisotopic (exact) mass is 362 g/mol. The van der Waals surface area contributed by atoms with Crippen LogP contribution in [-0.4, -0.2) is 52.0 Å². The zero-order chi connectivity index (χ0) is 18.4. The Bertz CT molecular complexity index is 1060. The van der Waals surface area contributed by atoms with E-state index in [1.54, 1.807) is 6.20 Å². The van der Waals surface area contributed by atoms with Crippen LogP contribution >= 0.6 is 0 Å². The van der Waals surface area contributed by atoms with Gasteiger partial charge in [-0.3, -0.25) is 4.79 Å². The number of nitrogens with zero attached hydrogens (tertiary/aromatic N) is 5. The van der Waals surface area contributed by atoms with Crippen LogP contribution in [0.25, 0.3) is 22.4 Å². The minimum absolute atomic E-state index is 0.182. The third-order valence-electron chi connectivity index (χ3n) is 5.04. The van der Waals surface area contributed by atoms with Crippen molar-refractivity contribution in [1.82, 2.24) is 19.9 Å². The standard InChI is InChI=1S/C19H18N6O2/c20-19-23-17-16(18(24-19)25-5-7-27-8-6-25)22-14(10-21-17)12-1-3-13-11(9-12)2-4-15(13)26/h1,3,9-10H,2,4-8H2,(H2,20,21,23,24). The molecule has 8 nitrogen and oxygen atoms in total. The Balaban J connectivity index is 1.62. The van der Waals surface area contributed by atoms with E-state index < -0.39 is 0 Å². The molecule has 0 spiro atoms. The van der Waals surface area contributed by atoms with E-state index in [1.165, 1.54) is 0 Å². The molecular formula is C19H18N6O2. The van der Waals surface area contributed by atoms with Gasteiger partial charge in [0.1, 0.15) is 0 Å². The van der Waals surface area contributed by atoms with Gasteiger partial charge < -0.3 is 15.4 Å². The molecule has 1 fully saturated rings. The van der Waals surface area contributed by atoms with Gasteiger partial charge in [-0.25, -0.2) is 9.97 Å². The van der Waals surface area contributed by atoms with Crippen molar-refractivity contribution in [1.29, 1.82) is 0 Å². The molecule has 3 heterocycles. The summed E-state index contributed by atoms with van der Waals surface area (Å²) in [7, 11) is 0. The predicted molar refractivity (Wildman–Crippen MR) is 101 cm³/mol. The van der Waals surface area contributed by atoms with Gasteiger partial charge in [0, 0.05) is 30.6 Å². The highest BCUT2D eigenvalue weighted by Gasteiger charge is 2.21. The minimum Gasteiger partial charge on any atom is -0.378 e. The number of nitrogen functional groups attached to an aromatic ring is 1. The van der Waals surface area contributed by atoms with Gasteiger partial charge in [-0.2, -0.15) is 9.97 Å². The molecule has 2 N–H and O–H groups in total. The van der Waals surface area contributed by atoms with Crippen LogP contribution in [0.15, 0.2) is 24.4 Å². The highest BCUT2D eigenvalue weighted by molar-refractivity contribution is 6.01. The summed E-state index contributed by atoms with van der Waals surface area (Å²) >= 11 is 0. The van der Waals surface area contributed by atoms with Crippen molar-refractivity contribution < 1.29 is 9.53 Å². The molecule has 2 aliphatic rings. The van der Waals surface area contributed by atoms with E-state index in [2.05, 4.69) is 19.9 Å². The van der Waals surface area contributed by atoms with Gasteiger partial charge in [-0.1, -0.05) is 12.1 Å². The van der Waals surface area contributed by atoms with Crippen molar-refractivity contribution in [3.05, 3.63) is 35.5 Å². The number of carbonyl (C=O) groups is 1. The van der Waals surface area contributed by atoms with E-state index in [9.17, 15) is 4.79 Å². The fourth-order valence-electron chi connectivity index (χ4n) is 3.66. The van der Waals surface area contributed by atoms with E-state index in [0.29, 0.717) is 36.6 Å². The molecule has 1 aromatic carbocycles. The average molecular weight is 362 g/mol. The zero-order valence-corrected chi connectivity index (χ0v) is 14.7. The van der Waals surface area contributed by atoms with Gasteiger partial charge in [0.15, 0.2) is 22.8 Å². The van der Waals surface area contributed by atoms with Crippen LogP contribution in [0.3, 0.4) is 0 Å². The molecule has 1 saturated heterocycles. The average Bonchev–Trinajstić information content (AvgIpc) is 3.08. The Hall–Kier alpha value is -3.13. The SMILES string of the molecule is Nc1nc(N2CCOCC2)c2nc(-c3ccc4c(c3)CCC4=O)cnc2n1. The molecule has 2 aromatic heterocycles. The molecule has 136 valence electrons. The number of rotatable bonds is 2. The normalized spacial score (nSPS) is 16.7. The van der Waals surface area contributed by atoms with Crippen molar-refractivity contribution in [3.63, 3.8) is 0 Å². The number of morpholine rings is 1. The number of aromatic nitrogens is 4. The van der Waals surface area contributed by atoms with E-state index in [-0.39, 0.29) is 11.7 Å². The predicted octanol–water partition coefficient (Wildman–Crippen LogP) is 1.63. The Morgan fingerprint density at radius 2 is 1.93 bits per heavy atom. The number of ether oxygens (including phenoxy) is 1. The molecule has 0 radical (unpaired) electrons. The maximum absolute atomic E-state index is 11.9. The van der Waals surface area contributed by atoms with Crippen LogP contribution in [-0.2, 0) is 11.2 Å². The molecule has 0 unspecified atom stereocenters. The number of nitrogens with two attached hydrogens (primary N) is 1. The number of hydrogen-bond acceptors (Lipinski definition) is 8. The van der Waals surface area contributed by atoms with E-state index in [0.717, 1.165) is 41.9 Å². The summed E-state index contributed by atoms with van der Waals surface area (Å²) in [5.41, 5.74) is 10.5. The van der Waals surface area contributed by atoms with E-state index in [4.69, 9.17) is 15.5 Å². The quantitative estimate of drug-likeness (QED) is 0.733. The Kier molecular flexibility index (Phi) is 3.71. The van der Waals surface area contributed by atoms with Crippen molar-refractivity contribution in [2.75, 3.05) is 36.9 Å². The first kappa shape index (κ1) is 16.1. The van der Waals surface area contributed by atoms with Crippen molar-refractivity contribution in [2.45, 2.75) is 12.8 Å². The first-order valence-electron chi connectivity index (χ1n) is 8.98. The van der Waals surface area contributed by atoms with Crippen molar-refractivity contribution >= 4 is 28.7 Å². The summed E-state index contributed by atoms with van der Waals surface area (Å²) in [6.45, 7) is 2.71. The maximum atomic E-state index is 11.9. The molecular weight excluding hydrogens is 344 g/mol. The highest BCUT2D eigenvalue weighted by Crippen LogP contribution is 2.29. The lowest BCUT2D eigenvalue weighted by molar-refractivity contribution is 0.0994. The fraction of sp³-hybridized carbons (Fsp3) is 0.316. The summed E-state index contributed by atoms with van der Waals surface area (Å²) < 4.78 is 5.43. The number of anilines is 2. The van der Waals surface area contributed by atoms with E-state index in [1.807, 2.05) is 18.2 Å². The second-order valence-electron chi connectivity index (χ2n) is 6.73. The van der Waals surface area contributed by atoms with E-state index >= 15 is 0 Å². The molecule has 27 heavy (non-hydrogen) atoms. The van der Waals surface area contributed by atoms with Crippen LogP contribution in [0.5, 0.6) is 0 Å². The Labute approximate surface area is 155 Å². The first-order valence-corrected chi connectivity index (χ1v) is 8.98. The van der Waals surface area contributed by atoms with Gasteiger partial charge in [0.05, 0.1) is 25.1 Å². The third kappa shape index (κ3) is 2.78. The van der Waals surface area contributed by atoms with Crippen LogP contribution in [0.4, 0.5) is 11.8 Å². The molecule has 8 heteroatoms. The van der Waals surface area contributed by atoms with Gasteiger partial charge in [0.25, 0.3) is 0 Å². The van der Waals surface area contributed by atoms with Gasteiger partial charge in [0.2, 0.25) is 5.95 Å². The number of ketones is 1. The summed E-state index contributed by atoms with van der Waals surface area (Å²) in [4.78, 5) is 31.9. The van der Waals surface area contributed by atoms with Crippen molar-refractivity contribution in [2.24, 2.45) is 0 Å². The van der Waals surface area contributed by atoms with Gasteiger partial charge in [-0.15, -0.1) is 0 Å². The molecule has 5 rings (SSSR count). The number of benzene rings is 1. The fourth-order valence-corrected chi connectivity index (χ4v) is 3.66. The lowest BCUT2D eigenvalue weighted by Gasteiger charge is -2.28. The van der Waals surface area contributed by atoms with Crippen molar-refractivity contribution in [3.8, 4) is 11.3 Å². The molecule has 1 aliphatic heterocycles. The highest BCUT2D eigenvalue weighted by atomic mass is 16.5. The molecule has 0 amide bonds. The van der Waals surface area contributed by atoms with Crippen LogP contribution in [0.1, 0.15) is 22.3 Å². The summed E-state index contributed by atoms with van der Waals surface area (Å²) in [5.74, 6) is 1.08. The number of carbonyl (C=O) groups excluding carboxylic acids is 1. The third-order valence-corrected chi connectivity index (χ3v) is 5.04. The summed E-state index contributed by atoms with van der Waals surface area (Å²) in [6.07, 6.45) is 3.05. The molecule has 3 aromatic rings. The first-order chi connectivity index (χ1) is 13.2. The summed E-state index contributed by atoms with van der Waals surface area (Å²) in [5, 5.41) is 0. The Morgan fingerprint density at radius 3 is 2.78 bits per heavy atom.